The first-order valence-electron chi connectivity index (χ1n) is 9.86. The van der Waals surface area contributed by atoms with E-state index < -0.39 is 0 Å². The second-order valence-corrected chi connectivity index (χ2v) is 7.82. The van der Waals surface area contributed by atoms with E-state index in [1.54, 1.807) is 0 Å². The van der Waals surface area contributed by atoms with Crippen LogP contribution in [0.25, 0.3) is 11.2 Å². The number of amides is 2. The van der Waals surface area contributed by atoms with Gasteiger partial charge in [0.2, 0.25) is 0 Å². The summed E-state index contributed by atoms with van der Waals surface area (Å²) < 4.78 is 2.33. The van der Waals surface area contributed by atoms with Crippen LogP contribution in [0.4, 0.5) is 4.79 Å². The fraction of sp³-hybridized carbons (Fsp3) is 0.650. The Morgan fingerprint density at radius 1 is 1.31 bits per heavy atom. The van der Waals surface area contributed by atoms with Crippen LogP contribution in [-0.4, -0.2) is 44.6 Å². The summed E-state index contributed by atoms with van der Waals surface area (Å²) in [5.74, 6) is 1.67. The summed E-state index contributed by atoms with van der Waals surface area (Å²) in [5.41, 5.74) is 1.95. The molecule has 26 heavy (non-hydrogen) atoms. The Bertz CT molecular complexity index is 746. The van der Waals surface area contributed by atoms with Crippen LogP contribution in [0, 0.1) is 5.92 Å². The molecule has 1 saturated heterocycles. The molecule has 142 valence electrons. The number of pyridine rings is 1. The number of hydrogen-bond acceptors (Lipinski definition) is 3. The molecule has 1 aliphatic rings. The smallest absolute Gasteiger partial charge is 0.317 e. The molecule has 1 fully saturated rings. The standard InChI is InChI=1S/C20H31N5O/c1-5-15(4)22-20(26)24-11-8-16(9-12-24)25-18(13-14(2)3)23-17-7-6-10-21-19(17)25/h6-7,10,14-16H,5,8-9,11-13H2,1-4H3,(H,22,26). The van der Waals surface area contributed by atoms with Crippen LogP contribution in [0.1, 0.15) is 58.8 Å². The number of carbonyl (C=O) groups is 1. The number of imidazole rings is 1. The van der Waals surface area contributed by atoms with Crippen LogP contribution < -0.4 is 5.32 Å². The lowest BCUT2D eigenvalue weighted by molar-refractivity contribution is 0.168. The summed E-state index contributed by atoms with van der Waals surface area (Å²) in [6.45, 7) is 10.1. The molecule has 0 aliphatic carbocycles. The fourth-order valence-electron chi connectivity index (χ4n) is 3.60. The zero-order valence-electron chi connectivity index (χ0n) is 16.4. The van der Waals surface area contributed by atoms with Crippen LogP contribution in [0.15, 0.2) is 18.3 Å². The molecule has 1 unspecified atom stereocenters. The first-order valence-corrected chi connectivity index (χ1v) is 9.86. The maximum Gasteiger partial charge on any atom is 0.317 e. The summed E-state index contributed by atoms with van der Waals surface area (Å²) in [5, 5.41) is 3.07. The average molecular weight is 358 g/mol. The predicted molar refractivity (Wildman–Crippen MR) is 104 cm³/mol. The van der Waals surface area contributed by atoms with Gasteiger partial charge in [-0.05, 0) is 44.2 Å². The zero-order valence-corrected chi connectivity index (χ0v) is 16.4. The third-order valence-electron chi connectivity index (χ3n) is 5.21. The van der Waals surface area contributed by atoms with Crippen LogP contribution in [-0.2, 0) is 6.42 Å². The molecule has 0 saturated carbocycles. The lowest BCUT2D eigenvalue weighted by atomic mass is 10.0. The van der Waals surface area contributed by atoms with Gasteiger partial charge in [0, 0.05) is 37.8 Å². The van der Waals surface area contributed by atoms with E-state index in [0.717, 1.165) is 55.8 Å². The van der Waals surface area contributed by atoms with E-state index >= 15 is 0 Å². The minimum atomic E-state index is 0.0637. The zero-order chi connectivity index (χ0) is 18.7. The molecular weight excluding hydrogens is 326 g/mol. The molecule has 3 heterocycles. The van der Waals surface area contributed by atoms with Gasteiger partial charge in [-0.15, -0.1) is 0 Å². The normalized spacial score (nSPS) is 17.0. The van der Waals surface area contributed by atoms with Crippen molar-refractivity contribution in [3.8, 4) is 0 Å². The fourth-order valence-corrected chi connectivity index (χ4v) is 3.60. The molecular formula is C20H31N5O. The number of fused-ring (bicyclic) bond motifs is 1. The van der Waals surface area contributed by atoms with E-state index in [9.17, 15) is 4.79 Å². The van der Waals surface area contributed by atoms with Crippen molar-refractivity contribution in [2.75, 3.05) is 13.1 Å². The van der Waals surface area contributed by atoms with Crippen molar-refractivity contribution in [3.63, 3.8) is 0 Å². The largest absolute Gasteiger partial charge is 0.336 e. The second-order valence-electron chi connectivity index (χ2n) is 7.82. The summed E-state index contributed by atoms with van der Waals surface area (Å²) in [7, 11) is 0. The molecule has 2 amide bonds. The van der Waals surface area contributed by atoms with Gasteiger partial charge in [-0.2, -0.15) is 0 Å². The van der Waals surface area contributed by atoms with Gasteiger partial charge in [0.1, 0.15) is 11.3 Å². The number of urea groups is 1. The maximum atomic E-state index is 12.4. The molecule has 3 rings (SSSR count). The maximum absolute atomic E-state index is 12.4. The predicted octanol–water partition coefficient (Wildman–Crippen LogP) is 3.77. The molecule has 1 N–H and O–H groups in total. The van der Waals surface area contributed by atoms with Crippen LogP contribution >= 0.6 is 0 Å². The topological polar surface area (TPSA) is 63.1 Å². The van der Waals surface area contributed by atoms with Gasteiger partial charge >= 0.3 is 6.03 Å². The Morgan fingerprint density at radius 3 is 2.69 bits per heavy atom. The molecule has 2 aromatic heterocycles. The minimum Gasteiger partial charge on any atom is -0.336 e. The molecule has 1 aliphatic heterocycles. The molecule has 0 aromatic carbocycles. The number of carbonyl (C=O) groups excluding carboxylic acids is 1. The quantitative estimate of drug-likeness (QED) is 0.886. The van der Waals surface area contributed by atoms with E-state index in [0.29, 0.717) is 12.0 Å². The first kappa shape index (κ1) is 18.7. The molecule has 6 nitrogen and oxygen atoms in total. The Morgan fingerprint density at radius 2 is 2.04 bits per heavy atom. The molecule has 0 bridgehead atoms. The average Bonchev–Trinajstić information content (AvgIpc) is 2.98. The lowest BCUT2D eigenvalue weighted by Gasteiger charge is -2.34. The number of nitrogens with one attached hydrogen (secondary N) is 1. The molecule has 2 aromatic rings. The van der Waals surface area contributed by atoms with Crippen molar-refractivity contribution >= 4 is 17.2 Å². The van der Waals surface area contributed by atoms with Gasteiger partial charge in [0.15, 0.2) is 5.65 Å². The van der Waals surface area contributed by atoms with E-state index in [2.05, 4.69) is 35.6 Å². The highest BCUT2D eigenvalue weighted by Crippen LogP contribution is 2.29. The highest BCUT2D eigenvalue weighted by molar-refractivity contribution is 5.74. The van der Waals surface area contributed by atoms with Gasteiger partial charge in [-0.1, -0.05) is 20.8 Å². The van der Waals surface area contributed by atoms with Crippen LogP contribution in [0.5, 0.6) is 0 Å². The van der Waals surface area contributed by atoms with Gasteiger partial charge in [0.25, 0.3) is 0 Å². The number of rotatable bonds is 5. The van der Waals surface area contributed by atoms with Crippen molar-refractivity contribution in [1.82, 2.24) is 24.8 Å². The number of likely N-dealkylation sites (tertiary alicyclic amines) is 1. The number of nitrogens with zero attached hydrogens (tertiary/aromatic N) is 4. The molecule has 1 atom stereocenters. The van der Waals surface area contributed by atoms with Crippen molar-refractivity contribution in [2.24, 2.45) is 5.92 Å². The van der Waals surface area contributed by atoms with Gasteiger partial charge < -0.3 is 14.8 Å². The van der Waals surface area contributed by atoms with Crippen molar-refractivity contribution in [1.29, 1.82) is 0 Å². The monoisotopic (exact) mass is 357 g/mol. The summed E-state index contributed by atoms with van der Waals surface area (Å²) in [6.07, 6.45) is 5.63. The molecule has 0 spiro atoms. The number of aromatic nitrogens is 3. The summed E-state index contributed by atoms with van der Waals surface area (Å²) in [4.78, 5) is 23.7. The Labute approximate surface area is 156 Å². The summed E-state index contributed by atoms with van der Waals surface area (Å²) in [6, 6.07) is 4.63. The van der Waals surface area contributed by atoms with Crippen LogP contribution in [0.3, 0.4) is 0 Å². The van der Waals surface area contributed by atoms with Crippen molar-refractivity contribution in [3.05, 3.63) is 24.2 Å². The van der Waals surface area contributed by atoms with E-state index in [-0.39, 0.29) is 12.1 Å². The van der Waals surface area contributed by atoms with Gasteiger partial charge in [0.05, 0.1) is 0 Å². The third kappa shape index (κ3) is 4.00. The lowest BCUT2D eigenvalue weighted by Crippen LogP contribution is -2.47. The number of hydrogen-bond donors (Lipinski definition) is 1. The van der Waals surface area contributed by atoms with E-state index in [1.165, 1.54) is 0 Å². The Kier molecular flexibility index (Phi) is 5.79. The third-order valence-corrected chi connectivity index (χ3v) is 5.21. The SMILES string of the molecule is CCC(C)NC(=O)N1CCC(n2c(CC(C)C)nc3cccnc32)CC1. The van der Waals surface area contributed by atoms with E-state index in [1.807, 2.05) is 30.2 Å². The number of piperidine rings is 1. The Balaban J connectivity index is 1.76. The van der Waals surface area contributed by atoms with Crippen LogP contribution in [0.2, 0.25) is 0 Å². The highest BCUT2D eigenvalue weighted by atomic mass is 16.2. The second kappa shape index (κ2) is 8.06. The minimum absolute atomic E-state index is 0.0637. The molecule has 0 radical (unpaired) electrons. The van der Waals surface area contributed by atoms with Gasteiger partial charge in [-0.25, -0.2) is 14.8 Å². The van der Waals surface area contributed by atoms with Crippen molar-refractivity contribution < 1.29 is 4.79 Å². The Hall–Kier alpha value is -2.11. The highest BCUT2D eigenvalue weighted by Gasteiger charge is 2.27. The first-order chi connectivity index (χ1) is 12.5. The van der Waals surface area contributed by atoms with Crippen molar-refractivity contribution in [2.45, 2.75) is 65.5 Å². The summed E-state index contributed by atoms with van der Waals surface area (Å²) >= 11 is 0. The molecule has 6 heteroatoms. The van der Waals surface area contributed by atoms with Gasteiger partial charge in [-0.3, -0.25) is 0 Å². The van der Waals surface area contributed by atoms with E-state index in [4.69, 9.17) is 4.98 Å².